The number of para-hydroxylation sites is 1. The van der Waals surface area contributed by atoms with E-state index in [0.29, 0.717) is 17.8 Å². The molecule has 2 unspecified atom stereocenters. The summed E-state index contributed by atoms with van der Waals surface area (Å²) in [6.07, 6.45) is 9.23. The van der Waals surface area contributed by atoms with Crippen LogP contribution in [0, 0.1) is 36.2 Å². The van der Waals surface area contributed by atoms with Gasteiger partial charge in [-0.3, -0.25) is 0 Å². The summed E-state index contributed by atoms with van der Waals surface area (Å²) in [6.45, 7) is 13.1. The number of likely N-dealkylation sites (tertiary alicyclic amines) is 2. The number of anilines is 2. The van der Waals surface area contributed by atoms with Crippen molar-refractivity contribution in [3.05, 3.63) is 61.2 Å². The molecule has 0 aromatic heterocycles. The second kappa shape index (κ2) is 14.8. The molecule has 0 amide bonds. The molecule has 3 aliphatic rings. The fourth-order valence-electron chi connectivity index (χ4n) is 7.78. The molecular formula is C36H55N4O. The molecule has 41 heavy (non-hydrogen) atoms. The van der Waals surface area contributed by atoms with Crippen molar-refractivity contribution in [1.29, 1.82) is 0 Å². The van der Waals surface area contributed by atoms with Crippen LogP contribution in [0.3, 0.4) is 0 Å². The van der Waals surface area contributed by atoms with Gasteiger partial charge in [0.15, 0.2) is 0 Å². The molecule has 2 aromatic rings. The van der Waals surface area contributed by atoms with Crippen molar-refractivity contribution < 1.29 is 4.74 Å². The molecular weight excluding hydrogens is 504 g/mol. The summed E-state index contributed by atoms with van der Waals surface area (Å²) >= 11 is 0. The lowest BCUT2D eigenvalue weighted by Gasteiger charge is -2.45. The van der Waals surface area contributed by atoms with Crippen LogP contribution >= 0.6 is 0 Å². The van der Waals surface area contributed by atoms with Gasteiger partial charge in [0, 0.05) is 50.5 Å². The smallest absolute Gasteiger partial charge is 0.139 e. The minimum atomic E-state index is 0.511. The summed E-state index contributed by atoms with van der Waals surface area (Å²) in [5, 5.41) is 0. The zero-order valence-electron chi connectivity index (χ0n) is 26.3. The third kappa shape index (κ3) is 8.20. The zero-order valence-corrected chi connectivity index (χ0v) is 26.3. The first-order chi connectivity index (χ1) is 20.0. The van der Waals surface area contributed by atoms with Crippen LogP contribution in [0.25, 0.3) is 0 Å². The number of hydrogen-bond acceptors (Lipinski definition) is 5. The van der Waals surface area contributed by atoms with Gasteiger partial charge < -0.3 is 24.3 Å². The topological polar surface area (TPSA) is 22.2 Å². The van der Waals surface area contributed by atoms with E-state index in [9.17, 15) is 0 Å². The van der Waals surface area contributed by atoms with Crippen molar-refractivity contribution in [2.75, 3.05) is 76.8 Å². The summed E-state index contributed by atoms with van der Waals surface area (Å²) < 4.78 is 6.63. The Kier molecular flexibility index (Phi) is 10.9. The number of benzene rings is 2. The summed E-state index contributed by atoms with van der Waals surface area (Å²) in [7, 11) is 6.49. The van der Waals surface area contributed by atoms with Crippen LogP contribution in [-0.4, -0.2) is 76.8 Å². The maximum absolute atomic E-state index is 6.63. The molecule has 3 saturated heterocycles. The van der Waals surface area contributed by atoms with Gasteiger partial charge in [0.25, 0.3) is 0 Å². The summed E-state index contributed by atoms with van der Waals surface area (Å²) in [6, 6.07) is 19.6. The monoisotopic (exact) mass is 559 g/mol. The van der Waals surface area contributed by atoms with E-state index in [1.807, 2.05) is 0 Å². The van der Waals surface area contributed by atoms with Gasteiger partial charge in [-0.25, -0.2) is 0 Å². The lowest BCUT2D eigenvalue weighted by atomic mass is 9.66. The lowest BCUT2D eigenvalue weighted by Crippen LogP contribution is -2.43. The standard InChI is InChI=1S/C36H55N4O/c1-5-39-22-18-30(19-23-39)35(26-29-14-24-40(25-15-29)32-10-7-6-8-11-32)36(31-16-20-38(4)21-17-31)28-41-34-13-9-12-33(27-34)37(2)3/h6-13,27-31,35-36H,5,14-26H2,1-4H3. The fourth-order valence-corrected chi connectivity index (χ4v) is 7.78. The first kappa shape index (κ1) is 30.2. The van der Waals surface area contributed by atoms with Gasteiger partial charge in [-0.1, -0.05) is 31.2 Å². The normalized spacial score (nSPS) is 22.0. The van der Waals surface area contributed by atoms with Crippen LogP contribution in [-0.2, 0) is 0 Å². The van der Waals surface area contributed by atoms with Gasteiger partial charge in [0.05, 0.1) is 0 Å². The maximum Gasteiger partial charge on any atom is 0.139 e. The minimum Gasteiger partial charge on any atom is -0.486 e. The number of nitrogens with zero attached hydrogens (tertiary/aromatic N) is 4. The van der Waals surface area contributed by atoms with Crippen molar-refractivity contribution in [1.82, 2.24) is 9.80 Å². The molecule has 0 spiro atoms. The van der Waals surface area contributed by atoms with Crippen LogP contribution in [0.4, 0.5) is 11.4 Å². The van der Waals surface area contributed by atoms with Crippen LogP contribution in [0.15, 0.2) is 54.6 Å². The van der Waals surface area contributed by atoms with E-state index in [1.165, 1.54) is 102 Å². The van der Waals surface area contributed by atoms with Crippen LogP contribution in [0.2, 0.25) is 0 Å². The molecule has 2 aromatic carbocycles. The highest BCUT2D eigenvalue weighted by atomic mass is 16.5. The molecule has 0 bridgehead atoms. The highest BCUT2D eigenvalue weighted by Crippen LogP contribution is 2.44. The van der Waals surface area contributed by atoms with Crippen molar-refractivity contribution >= 4 is 11.4 Å². The second-order valence-electron chi connectivity index (χ2n) is 13.3. The zero-order chi connectivity index (χ0) is 28.6. The highest BCUT2D eigenvalue weighted by molar-refractivity contribution is 5.49. The van der Waals surface area contributed by atoms with Crippen LogP contribution in [0.1, 0.15) is 51.9 Å². The van der Waals surface area contributed by atoms with E-state index in [0.717, 1.165) is 17.6 Å². The quantitative estimate of drug-likeness (QED) is 0.298. The third-order valence-electron chi connectivity index (χ3n) is 10.5. The molecule has 225 valence electrons. The fraction of sp³-hybridized carbons (Fsp3) is 0.639. The Balaban J connectivity index is 1.33. The first-order valence-electron chi connectivity index (χ1n) is 16.5. The summed E-state index contributed by atoms with van der Waals surface area (Å²) in [5.74, 6) is 4.50. The van der Waals surface area contributed by atoms with Gasteiger partial charge in [-0.05, 0) is 133 Å². The molecule has 0 N–H and O–H groups in total. The number of rotatable bonds is 11. The van der Waals surface area contributed by atoms with Crippen LogP contribution in [0.5, 0.6) is 5.75 Å². The number of hydrogen-bond donors (Lipinski definition) is 0. The first-order valence-corrected chi connectivity index (χ1v) is 16.5. The van der Waals surface area contributed by atoms with Crippen LogP contribution < -0.4 is 14.5 Å². The Labute approximate surface area is 250 Å². The van der Waals surface area contributed by atoms with Crippen molar-refractivity contribution in [3.8, 4) is 5.75 Å². The largest absolute Gasteiger partial charge is 0.486 e. The third-order valence-corrected chi connectivity index (χ3v) is 10.5. The van der Waals surface area contributed by atoms with Gasteiger partial charge in [0.2, 0.25) is 0 Å². The van der Waals surface area contributed by atoms with E-state index in [2.05, 4.69) is 109 Å². The molecule has 5 heteroatoms. The molecule has 3 aliphatic heterocycles. The Morgan fingerprint density at radius 1 is 0.829 bits per heavy atom. The second-order valence-corrected chi connectivity index (χ2v) is 13.3. The Bertz CT molecular complexity index is 1020. The van der Waals surface area contributed by atoms with E-state index < -0.39 is 0 Å². The molecule has 3 heterocycles. The lowest BCUT2D eigenvalue weighted by molar-refractivity contribution is 0.0482. The Morgan fingerprint density at radius 3 is 2.17 bits per heavy atom. The Hall–Kier alpha value is -2.24. The number of piperidine rings is 3. The minimum absolute atomic E-state index is 0.511. The van der Waals surface area contributed by atoms with Crippen molar-refractivity contribution in [3.63, 3.8) is 0 Å². The highest BCUT2D eigenvalue weighted by Gasteiger charge is 2.39. The summed E-state index contributed by atoms with van der Waals surface area (Å²) in [4.78, 5) is 9.94. The SMILES string of the molecule is CCN1CCC(C(CC2CCN(c3ccccc3)CC2)C([CH]Oc2cccc(N(C)C)c2)C2CCN(C)CC2)CC1. The number of ether oxygens (including phenoxy) is 1. The van der Waals surface area contributed by atoms with Gasteiger partial charge in [-0.2, -0.15) is 0 Å². The van der Waals surface area contributed by atoms with Gasteiger partial charge in [-0.15, -0.1) is 0 Å². The van der Waals surface area contributed by atoms with Gasteiger partial charge >= 0.3 is 0 Å². The van der Waals surface area contributed by atoms with E-state index in [4.69, 9.17) is 4.74 Å². The van der Waals surface area contributed by atoms with Crippen molar-refractivity contribution in [2.45, 2.75) is 51.9 Å². The van der Waals surface area contributed by atoms with Gasteiger partial charge in [0.1, 0.15) is 12.4 Å². The summed E-state index contributed by atoms with van der Waals surface area (Å²) in [5.41, 5.74) is 2.58. The predicted molar refractivity (Wildman–Crippen MR) is 174 cm³/mol. The average Bonchev–Trinajstić information content (AvgIpc) is 3.02. The predicted octanol–water partition coefficient (Wildman–Crippen LogP) is 6.91. The average molecular weight is 560 g/mol. The molecule has 5 rings (SSSR count). The molecule has 2 atom stereocenters. The Morgan fingerprint density at radius 2 is 1.51 bits per heavy atom. The molecule has 3 fully saturated rings. The maximum atomic E-state index is 6.63. The van der Waals surface area contributed by atoms with Crippen molar-refractivity contribution in [2.24, 2.45) is 29.6 Å². The molecule has 0 saturated carbocycles. The van der Waals surface area contributed by atoms with E-state index in [1.54, 1.807) is 0 Å². The van der Waals surface area contributed by atoms with E-state index >= 15 is 0 Å². The molecule has 5 nitrogen and oxygen atoms in total. The molecule has 0 aliphatic carbocycles. The van der Waals surface area contributed by atoms with E-state index in [-0.39, 0.29) is 0 Å². The molecule has 1 radical (unpaired) electrons.